The lowest BCUT2D eigenvalue weighted by molar-refractivity contribution is -0.137. The standard InChI is InChI=1S/C20H17F3N4O2/c21-20(22,23)14-7-5-13(6-8-14)18(28)26-9-11-27(12-10-26)19(29)17-15-3-1-2-4-16(15)24-25-17/h1-8H,9-12H2,(H,24,25). The van der Waals surface area contributed by atoms with Gasteiger partial charge in [0.2, 0.25) is 0 Å². The van der Waals surface area contributed by atoms with E-state index in [9.17, 15) is 22.8 Å². The molecule has 2 aromatic carbocycles. The number of halogens is 3. The molecule has 0 unspecified atom stereocenters. The summed E-state index contributed by atoms with van der Waals surface area (Å²) in [6.07, 6.45) is -4.44. The largest absolute Gasteiger partial charge is 0.416 e. The third-order valence-electron chi connectivity index (χ3n) is 4.99. The Hall–Kier alpha value is -3.36. The summed E-state index contributed by atoms with van der Waals surface area (Å²) in [6, 6.07) is 11.5. The second-order valence-corrected chi connectivity index (χ2v) is 6.78. The molecule has 1 saturated heterocycles. The van der Waals surface area contributed by atoms with Gasteiger partial charge in [-0.3, -0.25) is 14.7 Å². The fraction of sp³-hybridized carbons (Fsp3) is 0.250. The molecule has 2 heterocycles. The number of aromatic amines is 1. The van der Waals surface area contributed by atoms with Crippen LogP contribution in [0.2, 0.25) is 0 Å². The molecule has 6 nitrogen and oxygen atoms in total. The lowest BCUT2D eigenvalue weighted by atomic mass is 10.1. The summed E-state index contributed by atoms with van der Waals surface area (Å²) < 4.78 is 38.0. The maximum atomic E-state index is 12.8. The average Bonchev–Trinajstić information content (AvgIpc) is 3.16. The lowest BCUT2D eigenvalue weighted by Gasteiger charge is -2.34. The summed E-state index contributed by atoms with van der Waals surface area (Å²) in [5.74, 6) is -0.569. The van der Waals surface area contributed by atoms with Gasteiger partial charge in [-0.15, -0.1) is 0 Å². The smallest absolute Gasteiger partial charge is 0.335 e. The molecular formula is C20H17F3N4O2. The number of carbonyl (C=O) groups is 2. The first-order chi connectivity index (χ1) is 13.8. The van der Waals surface area contributed by atoms with Gasteiger partial charge in [0.25, 0.3) is 11.8 Å². The van der Waals surface area contributed by atoms with E-state index in [1.54, 1.807) is 4.90 Å². The van der Waals surface area contributed by atoms with Crippen LogP contribution in [0.3, 0.4) is 0 Å². The molecule has 0 aliphatic carbocycles. The van der Waals surface area contributed by atoms with E-state index < -0.39 is 11.7 Å². The Morgan fingerprint density at radius 3 is 2.07 bits per heavy atom. The van der Waals surface area contributed by atoms with Crippen LogP contribution in [0.5, 0.6) is 0 Å². The van der Waals surface area contributed by atoms with E-state index in [1.165, 1.54) is 17.0 Å². The molecule has 1 aliphatic rings. The Morgan fingerprint density at radius 1 is 0.862 bits per heavy atom. The number of piperazine rings is 1. The first-order valence-electron chi connectivity index (χ1n) is 9.03. The molecule has 0 spiro atoms. The van der Waals surface area contributed by atoms with Crippen molar-refractivity contribution in [1.29, 1.82) is 0 Å². The predicted octanol–water partition coefficient (Wildman–Crippen LogP) is 3.18. The Bertz CT molecular complexity index is 1050. The molecule has 0 atom stereocenters. The highest BCUT2D eigenvalue weighted by atomic mass is 19.4. The zero-order valence-electron chi connectivity index (χ0n) is 15.2. The second-order valence-electron chi connectivity index (χ2n) is 6.78. The van der Waals surface area contributed by atoms with Crippen LogP contribution in [-0.4, -0.2) is 58.0 Å². The van der Waals surface area contributed by atoms with Crippen LogP contribution in [0.4, 0.5) is 13.2 Å². The molecule has 1 aliphatic heterocycles. The van der Waals surface area contributed by atoms with E-state index in [-0.39, 0.29) is 17.4 Å². The van der Waals surface area contributed by atoms with Gasteiger partial charge >= 0.3 is 6.18 Å². The molecular weight excluding hydrogens is 385 g/mol. The average molecular weight is 402 g/mol. The van der Waals surface area contributed by atoms with Crippen LogP contribution in [0.1, 0.15) is 26.4 Å². The summed E-state index contributed by atoms with van der Waals surface area (Å²) in [5.41, 5.74) is 0.502. The van der Waals surface area contributed by atoms with Crippen LogP contribution in [0.15, 0.2) is 48.5 Å². The molecule has 0 bridgehead atoms. The zero-order chi connectivity index (χ0) is 20.6. The number of amides is 2. The van der Waals surface area contributed by atoms with E-state index >= 15 is 0 Å². The van der Waals surface area contributed by atoms with Crippen molar-refractivity contribution >= 4 is 22.7 Å². The van der Waals surface area contributed by atoms with Crippen LogP contribution < -0.4 is 0 Å². The van der Waals surface area contributed by atoms with Gasteiger partial charge in [0, 0.05) is 37.1 Å². The number of aromatic nitrogens is 2. The number of benzene rings is 2. The van der Waals surface area contributed by atoms with Crippen molar-refractivity contribution in [3.8, 4) is 0 Å². The lowest BCUT2D eigenvalue weighted by Crippen LogP contribution is -2.50. The number of hydrogen-bond donors (Lipinski definition) is 1. The molecule has 1 fully saturated rings. The Labute approximate surface area is 163 Å². The molecule has 1 aromatic heterocycles. The van der Waals surface area contributed by atoms with E-state index in [1.807, 2.05) is 24.3 Å². The van der Waals surface area contributed by atoms with E-state index in [0.29, 0.717) is 31.9 Å². The molecule has 0 radical (unpaired) electrons. The van der Waals surface area contributed by atoms with Crippen LogP contribution in [0, 0.1) is 0 Å². The van der Waals surface area contributed by atoms with Crippen molar-refractivity contribution in [2.24, 2.45) is 0 Å². The van der Waals surface area contributed by atoms with Gasteiger partial charge in [0.05, 0.1) is 11.1 Å². The maximum absolute atomic E-state index is 12.8. The van der Waals surface area contributed by atoms with Crippen LogP contribution in [0.25, 0.3) is 10.9 Å². The summed E-state index contributed by atoms with van der Waals surface area (Å²) in [4.78, 5) is 28.5. The van der Waals surface area contributed by atoms with Gasteiger partial charge in [0.15, 0.2) is 5.69 Å². The van der Waals surface area contributed by atoms with Crippen LogP contribution in [-0.2, 0) is 6.18 Å². The Kier molecular flexibility index (Phi) is 4.73. The fourth-order valence-corrected chi connectivity index (χ4v) is 3.37. The first kappa shape index (κ1) is 19.0. The summed E-state index contributed by atoms with van der Waals surface area (Å²) >= 11 is 0. The fourth-order valence-electron chi connectivity index (χ4n) is 3.37. The topological polar surface area (TPSA) is 69.3 Å². The second kappa shape index (κ2) is 7.23. The SMILES string of the molecule is O=C(c1ccc(C(F)(F)F)cc1)N1CCN(C(=O)c2n[nH]c3ccccc23)CC1. The summed E-state index contributed by atoms with van der Waals surface area (Å²) in [7, 11) is 0. The minimum atomic E-state index is -4.44. The summed E-state index contributed by atoms with van der Waals surface area (Å²) in [6.45, 7) is 1.25. The maximum Gasteiger partial charge on any atom is 0.416 e. The minimum absolute atomic E-state index is 0.191. The van der Waals surface area contributed by atoms with Crippen molar-refractivity contribution in [3.05, 3.63) is 65.4 Å². The van der Waals surface area contributed by atoms with Gasteiger partial charge in [-0.05, 0) is 30.3 Å². The molecule has 2 amide bonds. The predicted molar refractivity (Wildman–Crippen MR) is 99.3 cm³/mol. The monoisotopic (exact) mass is 402 g/mol. The molecule has 29 heavy (non-hydrogen) atoms. The molecule has 9 heteroatoms. The molecule has 3 aromatic rings. The number of para-hydroxylation sites is 1. The third-order valence-corrected chi connectivity index (χ3v) is 4.99. The van der Waals surface area contributed by atoms with Crippen molar-refractivity contribution in [2.75, 3.05) is 26.2 Å². The molecule has 1 N–H and O–H groups in total. The van der Waals surface area contributed by atoms with Crippen molar-refractivity contribution in [2.45, 2.75) is 6.18 Å². The number of rotatable bonds is 2. The Balaban J connectivity index is 1.41. The van der Waals surface area contributed by atoms with Gasteiger partial charge in [-0.2, -0.15) is 18.3 Å². The van der Waals surface area contributed by atoms with Crippen molar-refractivity contribution in [3.63, 3.8) is 0 Å². The number of hydrogen-bond acceptors (Lipinski definition) is 3. The third kappa shape index (κ3) is 3.67. The van der Waals surface area contributed by atoms with Gasteiger partial charge in [-0.25, -0.2) is 0 Å². The van der Waals surface area contributed by atoms with Gasteiger partial charge < -0.3 is 9.80 Å². The number of fused-ring (bicyclic) bond motifs is 1. The minimum Gasteiger partial charge on any atom is -0.335 e. The van der Waals surface area contributed by atoms with E-state index in [4.69, 9.17) is 0 Å². The quantitative estimate of drug-likeness (QED) is 0.716. The zero-order valence-corrected chi connectivity index (χ0v) is 15.2. The molecule has 150 valence electrons. The highest BCUT2D eigenvalue weighted by molar-refractivity contribution is 6.04. The number of nitrogens with one attached hydrogen (secondary N) is 1. The highest BCUT2D eigenvalue weighted by Gasteiger charge is 2.31. The normalized spacial score (nSPS) is 15.0. The molecule has 4 rings (SSSR count). The first-order valence-corrected chi connectivity index (χ1v) is 9.03. The van der Waals surface area contributed by atoms with Crippen LogP contribution >= 0.6 is 0 Å². The van der Waals surface area contributed by atoms with Gasteiger partial charge in [0.1, 0.15) is 0 Å². The number of nitrogens with zero attached hydrogens (tertiary/aromatic N) is 3. The van der Waals surface area contributed by atoms with E-state index in [0.717, 1.165) is 23.0 Å². The van der Waals surface area contributed by atoms with E-state index in [2.05, 4.69) is 10.2 Å². The number of H-pyrrole nitrogens is 1. The molecule has 0 saturated carbocycles. The van der Waals surface area contributed by atoms with Crippen molar-refractivity contribution in [1.82, 2.24) is 20.0 Å². The number of alkyl halides is 3. The Morgan fingerprint density at radius 2 is 1.45 bits per heavy atom. The van der Waals surface area contributed by atoms with Crippen molar-refractivity contribution < 1.29 is 22.8 Å². The highest BCUT2D eigenvalue weighted by Crippen LogP contribution is 2.29. The summed E-state index contributed by atoms with van der Waals surface area (Å²) in [5, 5.41) is 7.68. The number of carbonyl (C=O) groups excluding carboxylic acids is 2. The van der Waals surface area contributed by atoms with Gasteiger partial charge in [-0.1, -0.05) is 18.2 Å².